The van der Waals surface area contributed by atoms with Crippen LogP contribution in [0.1, 0.15) is 0 Å². The largest absolute Gasteiger partial charge is 0.216 e. The van der Waals surface area contributed by atoms with Gasteiger partial charge in [0.1, 0.15) is 16.1 Å². The van der Waals surface area contributed by atoms with Crippen molar-refractivity contribution in [1.29, 1.82) is 0 Å². The Morgan fingerprint density at radius 2 is 1.50 bits per heavy atom. The van der Waals surface area contributed by atoms with E-state index in [-0.39, 0.29) is 21.2 Å². The van der Waals surface area contributed by atoms with Crippen molar-refractivity contribution in [3.8, 4) is 11.4 Å². The second-order valence-electron chi connectivity index (χ2n) is 3.00. The van der Waals surface area contributed by atoms with Gasteiger partial charge in [-0.15, -0.1) is 0 Å². The van der Waals surface area contributed by atoms with Gasteiger partial charge in [0.15, 0.2) is 5.82 Å². The predicted octanol–water partition coefficient (Wildman–Crippen LogP) is 4.24. The molecule has 0 aliphatic rings. The van der Waals surface area contributed by atoms with Crippen LogP contribution in [0.2, 0.25) is 15.3 Å². The molecule has 2 aromatic rings. The smallest absolute Gasteiger partial charge is 0.162 e. The van der Waals surface area contributed by atoms with Crippen molar-refractivity contribution in [3.63, 3.8) is 0 Å². The van der Waals surface area contributed by atoms with Crippen LogP contribution >= 0.6 is 34.8 Å². The molecule has 0 aliphatic heterocycles. The molecular weight excluding hydrogens is 273 g/mol. The monoisotopic (exact) mass is 276 g/mol. The van der Waals surface area contributed by atoms with Crippen molar-refractivity contribution in [2.24, 2.45) is 0 Å². The second-order valence-corrected chi connectivity index (χ2v) is 4.21. The standard InChI is InChI=1S/C10H4Cl3FN2/c11-6-1-5(2-7(14)3-6)10-15-8(12)4-9(13)16-10/h1-4H. The van der Waals surface area contributed by atoms with Gasteiger partial charge in [-0.25, -0.2) is 14.4 Å². The molecule has 2 nitrogen and oxygen atoms in total. The van der Waals surface area contributed by atoms with E-state index in [9.17, 15) is 4.39 Å². The van der Waals surface area contributed by atoms with Crippen LogP contribution in [0, 0.1) is 5.82 Å². The molecule has 0 saturated carbocycles. The zero-order valence-corrected chi connectivity index (χ0v) is 9.98. The van der Waals surface area contributed by atoms with E-state index in [0.717, 1.165) is 0 Å². The molecule has 1 heterocycles. The molecule has 0 fully saturated rings. The van der Waals surface area contributed by atoms with Gasteiger partial charge >= 0.3 is 0 Å². The molecule has 1 aromatic carbocycles. The summed E-state index contributed by atoms with van der Waals surface area (Å²) in [6, 6.07) is 5.38. The third kappa shape index (κ3) is 2.61. The van der Waals surface area contributed by atoms with Gasteiger partial charge in [0, 0.05) is 16.7 Å². The van der Waals surface area contributed by atoms with Crippen molar-refractivity contribution >= 4 is 34.8 Å². The maximum Gasteiger partial charge on any atom is 0.162 e. The molecule has 0 amide bonds. The summed E-state index contributed by atoms with van der Waals surface area (Å²) in [4.78, 5) is 7.86. The highest BCUT2D eigenvalue weighted by Crippen LogP contribution is 2.24. The van der Waals surface area contributed by atoms with Gasteiger partial charge in [-0.05, 0) is 18.2 Å². The molecule has 0 unspecified atom stereocenters. The fourth-order valence-electron chi connectivity index (χ4n) is 1.20. The quantitative estimate of drug-likeness (QED) is 0.729. The molecule has 6 heteroatoms. The zero-order chi connectivity index (χ0) is 11.7. The highest BCUT2D eigenvalue weighted by atomic mass is 35.5. The molecular formula is C10H4Cl3FN2. The van der Waals surface area contributed by atoms with Crippen molar-refractivity contribution in [2.45, 2.75) is 0 Å². The number of aromatic nitrogens is 2. The lowest BCUT2D eigenvalue weighted by molar-refractivity contribution is 0.628. The Labute approximate surface area is 106 Å². The Morgan fingerprint density at radius 1 is 0.875 bits per heavy atom. The Bertz CT molecular complexity index is 456. The first-order chi connectivity index (χ1) is 7.54. The molecule has 2 rings (SSSR count). The summed E-state index contributed by atoms with van der Waals surface area (Å²) >= 11 is 17.2. The third-order valence-corrected chi connectivity index (χ3v) is 2.39. The van der Waals surface area contributed by atoms with E-state index in [0.29, 0.717) is 5.56 Å². The minimum atomic E-state index is -0.470. The van der Waals surface area contributed by atoms with Crippen molar-refractivity contribution in [3.05, 3.63) is 45.4 Å². The van der Waals surface area contributed by atoms with Gasteiger partial charge < -0.3 is 0 Å². The molecule has 0 spiro atoms. The Hall–Kier alpha value is -0.900. The Balaban J connectivity index is 2.57. The van der Waals surface area contributed by atoms with Gasteiger partial charge in [0.05, 0.1) is 0 Å². The van der Waals surface area contributed by atoms with Crippen molar-refractivity contribution < 1.29 is 4.39 Å². The molecule has 0 aliphatic carbocycles. The van der Waals surface area contributed by atoms with E-state index >= 15 is 0 Å². The van der Waals surface area contributed by atoms with Crippen LogP contribution in [-0.2, 0) is 0 Å². The van der Waals surface area contributed by atoms with Gasteiger partial charge in [0.2, 0.25) is 0 Å². The minimum absolute atomic E-state index is 0.190. The topological polar surface area (TPSA) is 25.8 Å². The van der Waals surface area contributed by atoms with Crippen LogP contribution < -0.4 is 0 Å². The van der Waals surface area contributed by atoms with E-state index in [1.165, 1.54) is 24.3 Å². The van der Waals surface area contributed by atoms with Gasteiger partial charge in [-0.2, -0.15) is 0 Å². The van der Waals surface area contributed by atoms with Gasteiger partial charge in [-0.3, -0.25) is 0 Å². The molecule has 16 heavy (non-hydrogen) atoms. The number of nitrogens with zero attached hydrogens (tertiary/aromatic N) is 2. The Kier molecular flexibility index (Phi) is 3.28. The summed E-state index contributed by atoms with van der Waals surface area (Å²) in [5.74, 6) is -0.235. The lowest BCUT2D eigenvalue weighted by Crippen LogP contribution is -1.91. The van der Waals surface area contributed by atoms with E-state index in [4.69, 9.17) is 34.8 Å². The number of benzene rings is 1. The summed E-state index contributed by atoms with van der Waals surface area (Å²) in [7, 11) is 0. The first kappa shape index (κ1) is 11.6. The van der Waals surface area contributed by atoms with Crippen LogP contribution in [-0.4, -0.2) is 9.97 Å². The van der Waals surface area contributed by atoms with Gasteiger partial charge in [0.25, 0.3) is 0 Å². The van der Waals surface area contributed by atoms with Crippen LogP contribution in [0.25, 0.3) is 11.4 Å². The molecule has 0 N–H and O–H groups in total. The van der Waals surface area contributed by atoms with Crippen molar-refractivity contribution in [2.75, 3.05) is 0 Å². The first-order valence-electron chi connectivity index (χ1n) is 4.21. The molecule has 0 radical (unpaired) electrons. The molecule has 0 bridgehead atoms. The summed E-state index contributed by atoms with van der Waals surface area (Å²) in [6.07, 6.45) is 0. The number of halogens is 4. The highest BCUT2D eigenvalue weighted by molar-refractivity contribution is 6.33. The SMILES string of the molecule is Fc1cc(Cl)cc(-c2nc(Cl)cc(Cl)n2)c1. The summed E-state index contributed by atoms with van der Waals surface area (Å²) in [6.45, 7) is 0. The summed E-state index contributed by atoms with van der Waals surface area (Å²) in [5, 5.41) is 0.639. The van der Waals surface area contributed by atoms with Crippen LogP contribution in [0.15, 0.2) is 24.3 Å². The number of hydrogen-bond acceptors (Lipinski definition) is 2. The maximum absolute atomic E-state index is 13.1. The molecule has 0 atom stereocenters. The summed E-state index contributed by atoms with van der Waals surface area (Å²) in [5.41, 5.74) is 0.425. The van der Waals surface area contributed by atoms with Crippen LogP contribution in [0.4, 0.5) is 4.39 Å². The minimum Gasteiger partial charge on any atom is -0.216 e. The fourth-order valence-corrected chi connectivity index (χ4v) is 1.85. The first-order valence-corrected chi connectivity index (χ1v) is 5.34. The zero-order valence-electron chi connectivity index (χ0n) is 7.72. The average molecular weight is 278 g/mol. The van der Waals surface area contributed by atoms with Crippen LogP contribution in [0.3, 0.4) is 0 Å². The number of hydrogen-bond donors (Lipinski definition) is 0. The van der Waals surface area contributed by atoms with Gasteiger partial charge in [-0.1, -0.05) is 34.8 Å². The highest BCUT2D eigenvalue weighted by Gasteiger charge is 2.07. The number of rotatable bonds is 1. The van der Waals surface area contributed by atoms with E-state index in [1.807, 2.05) is 0 Å². The van der Waals surface area contributed by atoms with E-state index < -0.39 is 5.82 Å². The van der Waals surface area contributed by atoms with Crippen molar-refractivity contribution in [1.82, 2.24) is 9.97 Å². The third-order valence-electron chi connectivity index (χ3n) is 1.78. The second kappa shape index (κ2) is 4.53. The normalized spacial score (nSPS) is 10.5. The molecule has 82 valence electrons. The predicted molar refractivity (Wildman–Crippen MR) is 62.5 cm³/mol. The lowest BCUT2D eigenvalue weighted by atomic mass is 10.2. The maximum atomic E-state index is 13.1. The van der Waals surface area contributed by atoms with E-state index in [1.54, 1.807) is 0 Å². The lowest BCUT2D eigenvalue weighted by Gasteiger charge is -2.02. The Morgan fingerprint density at radius 3 is 2.06 bits per heavy atom. The van der Waals surface area contributed by atoms with E-state index in [2.05, 4.69) is 9.97 Å². The van der Waals surface area contributed by atoms with Crippen LogP contribution in [0.5, 0.6) is 0 Å². The molecule has 1 aromatic heterocycles. The fraction of sp³-hybridized carbons (Fsp3) is 0. The average Bonchev–Trinajstić information content (AvgIpc) is 2.14. The summed E-state index contributed by atoms with van der Waals surface area (Å²) < 4.78 is 13.1. The molecule has 0 saturated heterocycles.